The summed E-state index contributed by atoms with van der Waals surface area (Å²) in [6, 6.07) is 0. The van der Waals surface area contributed by atoms with Crippen molar-refractivity contribution in [3.8, 4) is 0 Å². The lowest BCUT2D eigenvalue weighted by molar-refractivity contribution is -0.143. The molecule has 132 valence electrons. The second kappa shape index (κ2) is 6.33. The number of halogens is 3. The molecule has 0 aromatic carbocycles. The van der Waals surface area contributed by atoms with Gasteiger partial charge < -0.3 is 4.90 Å². The molecule has 24 heavy (non-hydrogen) atoms. The first-order valence-electron chi connectivity index (χ1n) is 8.48. The summed E-state index contributed by atoms with van der Waals surface area (Å²) in [6.45, 7) is 5.00. The minimum Gasteiger partial charge on any atom is -0.342 e. The maximum Gasteiger partial charge on any atom is 0.433 e. The first-order chi connectivity index (χ1) is 11.3. The van der Waals surface area contributed by atoms with Gasteiger partial charge in [0.05, 0.1) is 0 Å². The topological polar surface area (TPSA) is 46.1 Å². The van der Waals surface area contributed by atoms with Crippen molar-refractivity contribution in [3.63, 3.8) is 0 Å². The van der Waals surface area contributed by atoms with Gasteiger partial charge in [0.1, 0.15) is 5.82 Å². The molecule has 0 N–H and O–H groups in total. The zero-order valence-electron chi connectivity index (χ0n) is 14.0. The summed E-state index contributed by atoms with van der Waals surface area (Å²) >= 11 is 0. The van der Waals surface area contributed by atoms with Crippen molar-refractivity contribution >= 4 is 5.91 Å². The Bertz CT molecular complexity index is 645. The third-order valence-corrected chi connectivity index (χ3v) is 4.97. The molecule has 0 bridgehead atoms. The number of amides is 1. The molecule has 7 heteroatoms. The van der Waals surface area contributed by atoms with E-state index in [2.05, 4.69) is 16.9 Å². The summed E-state index contributed by atoms with van der Waals surface area (Å²) in [7, 11) is 0. The van der Waals surface area contributed by atoms with Crippen LogP contribution in [0, 0.1) is 18.8 Å². The molecule has 3 rings (SSSR count). The lowest BCUT2D eigenvalue weighted by Crippen LogP contribution is -2.44. The number of aromatic nitrogens is 2. The fraction of sp³-hybridized carbons (Fsp3) is 0.706. The van der Waals surface area contributed by atoms with E-state index >= 15 is 0 Å². The Labute approximate surface area is 139 Å². The van der Waals surface area contributed by atoms with E-state index in [4.69, 9.17) is 0 Å². The van der Waals surface area contributed by atoms with Crippen molar-refractivity contribution in [1.29, 1.82) is 0 Å². The van der Waals surface area contributed by atoms with Gasteiger partial charge in [-0.3, -0.25) is 4.79 Å². The molecule has 2 aliphatic rings. The molecule has 1 aliphatic heterocycles. The number of hydrogen-bond acceptors (Lipinski definition) is 3. The van der Waals surface area contributed by atoms with Crippen LogP contribution in [-0.2, 0) is 23.8 Å². The van der Waals surface area contributed by atoms with Crippen LogP contribution in [-0.4, -0.2) is 33.9 Å². The normalized spacial score (nSPS) is 24.6. The largest absolute Gasteiger partial charge is 0.433 e. The lowest BCUT2D eigenvalue weighted by Gasteiger charge is -2.35. The fourth-order valence-electron chi connectivity index (χ4n) is 3.83. The predicted octanol–water partition coefficient (Wildman–Crippen LogP) is 3.17. The van der Waals surface area contributed by atoms with Crippen molar-refractivity contribution < 1.29 is 18.0 Å². The molecular weight excluding hydrogens is 319 g/mol. The molecule has 1 aliphatic carbocycles. The minimum atomic E-state index is -4.51. The van der Waals surface area contributed by atoms with Crippen LogP contribution < -0.4 is 0 Å². The highest BCUT2D eigenvalue weighted by Gasteiger charge is 2.40. The second-order valence-corrected chi connectivity index (χ2v) is 7.01. The monoisotopic (exact) mass is 341 g/mol. The van der Waals surface area contributed by atoms with E-state index in [9.17, 15) is 18.0 Å². The van der Waals surface area contributed by atoms with E-state index in [1.807, 2.05) is 4.90 Å². The molecule has 1 saturated heterocycles. The highest BCUT2D eigenvalue weighted by molar-refractivity contribution is 5.79. The van der Waals surface area contributed by atoms with Crippen LogP contribution in [0.2, 0.25) is 0 Å². The number of nitrogens with zero attached hydrogens (tertiary/aromatic N) is 3. The standard InChI is InChI=1S/C17H22F3N3O/c1-10-4-3-7-23(9-10)16(24)12-5-6-14-13(8-12)15(17(18,19)20)22-11(2)21-14/h10,12H,3-9H2,1-2H3. The molecule has 1 fully saturated rings. The number of fused-ring (bicyclic) bond motifs is 1. The third kappa shape index (κ3) is 3.39. The third-order valence-electron chi connectivity index (χ3n) is 4.97. The molecule has 1 aromatic rings. The number of aryl methyl sites for hydroxylation is 2. The van der Waals surface area contributed by atoms with Gasteiger partial charge in [-0.15, -0.1) is 0 Å². The summed E-state index contributed by atoms with van der Waals surface area (Å²) < 4.78 is 39.9. The lowest BCUT2D eigenvalue weighted by atomic mass is 9.84. The number of rotatable bonds is 1. The van der Waals surface area contributed by atoms with Gasteiger partial charge in [0.2, 0.25) is 5.91 Å². The van der Waals surface area contributed by atoms with Crippen molar-refractivity contribution in [2.75, 3.05) is 13.1 Å². The van der Waals surface area contributed by atoms with Crippen LogP contribution >= 0.6 is 0 Å². The number of piperidine rings is 1. The zero-order chi connectivity index (χ0) is 17.5. The fourth-order valence-corrected chi connectivity index (χ4v) is 3.83. The van der Waals surface area contributed by atoms with Gasteiger partial charge in [-0.2, -0.15) is 13.2 Å². The summed E-state index contributed by atoms with van der Waals surface area (Å²) in [5.74, 6) is 0.183. The van der Waals surface area contributed by atoms with Crippen LogP contribution in [0.5, 0.6) is 0 Å². The Morgan fingerprint density at radius 3 is 2.67 bits per heavy atom. The minimum absolute atomic E-state index is 0.0131. The Hall–Kier alpha value is -1.66. The van der Waals surface area contributed by atoms with Gasteiger partial charge in [0.25, 0.3) is 0 Å². The molecule has 0 radical (unpaired) electrons. The molecule has 4 nitrogen and oxygen atoms in total. The Kier molecular flexibility index (Phi) is 4.53. The van der Waals surface area contributed by atoms with Crippen molar-refractivity contribution in [3.05, 3.63) is 22.8 Å². The second-order valence-electron chi connectivity index (χ2n) is 7.01. The Balaban J connectivity index is 1.84. The number of likely N-dealkylation sites (tertiary alicyclic amines) is 1. The smallest absolute Gasteiger partial charge is 0.342 e. The summed E-state index contributed by atoms with van der Waals surface area (Å²) in [4.78, 5) is 22.4. The van der Waals surface area contributed by atoms with Crippen molar-refractivity contribution in [2.24, 2.45) is 11.8 Å². The van der Waals surface area contributed by atoms with Crippen LogP contribution in [0.1, 0.15) is 49.0 Å². The molecule has 2 atom stereocenters. The molecule has 2 heterocycles. The number of carbonyl (C=O) groups excluding carboxylic acids is 1. The van der Waals surface area contributed by atoms with E-state index in [0.717, 1.165) is 12.8 Å². The number of carbonyl (C=O) groups is 1. The van der Waals surface area contributed by atoms with Crippen molar-refractivity contribution in [1.82, 2.24) is 14.9 Å². The van der Waals surface area contributed by atoms with Crippen molar-refractivity contribution in [2.45, 2.75) is 52.1 Å². The molecule has 1 amide bonds. The highest BCUT2D eigenvalue weighted by atomic mass is 19.4. The van der Waals surface area contributed by atoms with Gasteiger partial charge in [-0.05, 0) is 44.9 Å². The molecular formula is C17H22F3N3O. The van der Waals surface area contributed by atoms with Crippen LogP contribution in [0.25, 0.3) is 0 Å². The van der Waals surface area contributed by atoms with E-state index in [0.29, 0.717) is 37.5 Å². The first-order valence-corrected chi connectivity index (χ1v) is 8.48. The maximum absolute atomic E-state index is 13.3. The zero-order valence-corrected chi connectivity index (χ0v) is 14.0. The average Bonchev–Trinajstić information content (AvgIpc) is 2.52. The van der Waals surface area contributed by atoms with E-state index in [1.165, 1.54) is 6.92 Å². The number of hydrogen-bond donors (Lipinski definition) is 0. The van der Waals surface area contributed by atoms with Crippen LogP contribution in [0.3, 0.4) is 0 Å². The van der Waals surface area contributed by atoms with Crippen LogP contribution in [0.4, 0.5) is 13.2 Å². The average molecular weight is 341 g/mol. The van der Waals surface area contributed by atoms with E-state index in [-0.39, 0.29) is 23.7 Å². The molecule has 0 saturated carbocycles. The summed E-state index contributed by atoms with van der Waals surface area (Å²) in [6.07, 6.45) is -1.39. The van der Waals surface area contributed by atoms with Gasteiger partial charge in [-0.1, -0.05) is 6.92 Å². The molecule has 2 unspecified atom stereocenters. The van der Waals surface area contributed by atoms with Gasteiger partial charge in [-0.25, -0.2) is 9.97 Å². The Morgan fingerprint density at radius 2 is 2.00 bits per heavy atom. The molecule has 0 spiro atoms. The molecule has 1 aromatic heterocycles. The van der Waals surface area contributed by atoms with Crippen LogP contribution in [0.15, 0.2) is 0 Å². The quantitative estimate of drug-likeness (QED) is 0.788. The van der Waals surface area contributed by atoms with Gasteiger partial charge >= 0.3 is 6.18 Å². The first kappa shape index (κ1) is 17.2. The van der Waals surface area contributed by atoms with Gasteiger partial charge in [0, 0.05) is 30.3 Å². The summed E-state index contributed by atoms with van der Waals surface area (Å²) in [5.41, 5.74) is -0.303. The summed E-state index contributed by atoms with van der Waals surface area (Å²) in [5, 5.41) is 0. The maximum atomic E-state index is 13.3. The van der Waals surface area contributed by atoms with Gasteiger partial charge in [0.15, 0.2) is 5.69 Å². The highest BCUT2D eigenvalue weighted by Crippen LogP contribution is 2.36. The SMILES string of the molecule is Cc1nc2c(c(C(F)(F)F)n1)CC(C(=O)N1CCCC(C)C1)CC2. The van der Waals surface area contributed by atoms with E-state index < -0.39 is 17.8 Å². The Morgan fingerprint density at radius 1 is 1.25 bits per heavy atom. The predicted molar refractivity (Wildman–Crippen MR) is 82.3 cm³/mol. The van der Waals surface area contributed by atoms with E-state index in [1.54, 1.807) is 0 Å². The number of alkyl halides is 3.